The van der Waals surface area contributed by atoms with E-state index in [1.165, 1.54) is 16.9 Å². The number of halogens is 1. The third kappa shape index (κ3) is 7.02. The topological polar surface area (TPSA) is 77.6 Å². The SMILES string of the molecule is O=C(Nc1cccc(Cl)c1)Nc1nc(CCC(=O)N2CCN(Cc3ccccc3)CC2)cs1. The first-order valence-electron chi connectivity index (χ1n) is 10.9. The summed E-state index contributed by atoms with van der Waals surface area (Å²) >= 11 is 7.27. The Hall–Kier alpha value is -2.94. The molecule has 0 saturated carbocycles. The molecule has 2 heterocycles. The van der Waals surface area contributed by atoms with Gasteiger partial charge in [0, 0.05) is 55.2 Å². The van der Waals surface area contributed by atoms with Crippen molar-refractivity contribution in [2.75, 3.05) is 36.8 Å². The number of piperazine rings is 1. The van der Waals surface area contributed by atoms with Gasteiger partial charge in [-0.25, -0.2) is 9.78 Å². The van der Waals surface area contributed by atoms with Crippen molar-refractivity contribution in [3.63, 3.8) is 0 Å². The first-order chi connectivity index (χ1) is 16.0. The van der Waals surface area contributed by atoms with Crippen LogP contribution in [0, 0.1) is 0 Å². The molecule has 0 unspecified atom stereocenters. The molecule has 172 valence electrons. The van der Waals surface area contributed by atoms with Gasteiger partial charge in [0.1, 0.15) is 0 Å². The number of urea groups is 1. The fourth-order valence-corrected chi connectivity index (χ4v) is 4.63. The van der Waals surface area contributed by atoms with Gasteiger partial charge < -0.3 is 10.2 Å². The van der Waals surface area contributed by atoms with Crippen LogP contribution in [0.2, 0.25) is 5.02 Å². The molecular weight excluding hydrogens is 458 g/mol. The van der Waals surface area contributed by atoms with Gasteiger partial charge in [-0.1, -0.05) is 48.0 Å². The molecule has 0 aliphatic carbocycles. The molecule has 1 aromatic heterocycles. The molecule has 0 atom stereocenters. The Morgan fingerprint density at radius 1 is 1.00 bits per heavy atom. The van der Waals surface area contributed by atoms with E-state index in [4.69, 9.17) is 11.6 Å². The number of anilines is 2. The number of carbonyl (C=O) groups is 2. The van der Waals surface area contributed by atoms with E-state index in [2.05, 4.69) is 44.8 Å². The second kappa shape index (κ2) is 11.3. The van der Waals surface area contributed by atoms with Crippen LogP contribution in [0.3, 0.4) is 0 Å². The molecular formula is C24H26ClN5O2S. The summed E-state index contributed by atoms with van der Waals surface area (Å²) in [4.78, 5) is 33.5. The van der Waals surface area contributed by atoms with Crippen molar-refractivity contribution < 1.29 is 9.59 Å². The largest absolute Gasteiger partial charge is 0.340 e. The Bertz CT molecular complexity index is 1080. The summed E-state index contributed by atoms with van der Waals surface area (Å²) in [6.45, 7) is 4.18. The highest BCUT2D eigenvalue weighted by molar-refractivity contribution is 7.13. The van der Waals surface area contributed by atoms with Gasteiger partial charge in [0.2, 0.25) is 5.91 Å². The van der Waals surface area contributed by atoms with Crippen LogP contribution < -0.4 is 10.6 Å². The summed E-state index contributed by atoms with van der Waals surface area (Å²) in [6.07, 6.45) is 0.966. The van der Waals surface area contributed by atoms with Crippen LogP contribution in [-0.2, 0) is 17.8 Å². The van der Waals surface area contributed by atoms with Crippen LogP contribution in [0.15, 0.2) is 60.0 Å². The van der Waals surface area contributed by atoms with Crippen molar-refractivity contribution in [3.8, 4) is 0 Å². The monoisotopic (exact) mass is 483 g/mol. The van der Waals surface area contributed by atoms with E-state index >= 15 is 0 Å². The number of hydrogen-bond acceptors (Lipinski definition) is 5. The zero-order chi connectivity index (χ0) is 23.0. The number of nitrogens with one attached hydrogen (secondary N) is 2. The lowest BCUT2D eigenvalue weighted by molar-refractivity contribution is -0.133. The van der Waals surface area contributed by atoms with Crippen LogP contribution in [0.4, 0.5) is 15.6 Å². The standard InChI is InChI=1S/C24H26ClN5O2S/c25-19-7-4-8-20(15-19)26-23(32)28-24-27-21(17-33-24)9-10-22(31)30-13-11-29(12-14-30)16-18-5-2-1-3-6-18/h1-8,15,17H,9-14,16H2,(H2,26,27,28,32). The van der Waals surface area contributed by atoms with Crippen LogP contribution in [0.5, 0.6) is 0 Å². The third-order valence-corrected chi connectivity index (χ3v) is 6.47. The van der Waals surface area contributed by atoms with Gasteiger partial charge >= 0.3 is 6.03 Å². The second-order valence-electron chi connectivity index (χ2n) is 7.88. The maximum atomic E-state index is 12.6. The average molecular weight is 484 g/mol. The number of aromatic nitrogens is 1. The minimum atomic E-state index is -0.386. The summed E-state index contributed by atoms with van der Waals surface area (Å²) in [5, 5.41) is 8.35. The lowest BCUT2D eigenvalue weighted by Crippen LogP contribution is -2.48. The lowest BCUT2D eigenvalue weighted by Gasteiger charge is -2.34. The molecule has 2 N–H and O–H groups in total. The normalized spacial score (nSPS) is 14.2. The molecule has 0 bridgehead atoms. The Labute approximate surface area is 202 Å². The van der Waals surface area contributed by atoms with E-state index in [-0.39, 0.29) is 11.9 Å². The molecule has 1 aliphatic rings. The highest BCUT2D eigenvalue weighted by Gasteiger charge is 2.21. The molecule has 0 spiro atoms. The van der Waals surface area contributed by atoms with Gasteiger partial charge in [0.05, 0.1) is 5.69 Å². The zero-order valence-corrected chi connectivity index (χ0v) is 19.7. The molecule has 2 aromatic carbocycles. The maximum absolute atomic E-state index is 12.6. The van der Waals surface area contributed by atoms with Crippen molar-refractivity contribution in [1.29, 1.82) is 0 Å². The molecule has 33 heavy (non-hydrogen) atoms. The van der Waals surface area contributed by atoms with Gasteiger partial charge in [-0.05, 0) is 30.2 Å². The smallest absolute Gasteiger partial charge is 0.325 e. The highest BCUT2D eigenvalue weighted by Crippen LogP contribution is 2.19. The molecule has 1 saturated heterocycles. The number of nitrogens with zero attached hydrogens (tertiary/aromatic N) is 3. The number of benzene rings is 2. The van der Waals surface area contributed by atoms with Crippen LogP contribution in [-0.4, -0.2) is 52.9 Å². The number of carbonyl (C=O) groups excluding carboxylic acids is 2. The maximum Gasteiger partial charge on any atom is 0.325 e. The molecule has 1 fully saturated rings. The van der Waals surface area contributed by atoms with Crippen molar-refractivity contribution in [2.45, 2.75) is 19.4 Å². The summed E-state index contributed by atoms with van der Waals surface area (Å²) in [5.41, 5.74) is 2.70. The quantitative estimate of drug-likeness (QED) is 0.510. The Balaban J connectivity index is 1.18. The number of aryl methyl sites for hydroxylation is 1. The van der Waals surface area contributed by atoms with E-state index in [1.54, 1.807) is 24.3 Å². The van der Waals surface area contributed by atoms with Crippen LogP contribution in [0.1, 0.15) is 17.7 Å². The van der Waals surface area contributed by atoms with Crippen molar-refractivity contribution in [3.05, 3.63) is 76.3 Å². The van der Waals surface area contributed by atoms with Crippen LogP contribution >= 0.6 is 22.9 Å². The van der Waals surface area contributed by atoms with Gasteiger partial charge in [-0.3, -0.25) is 15.0 Å². The number of thiazole rings is 1. The van der Waals surface area contributed by atoms with E-state index < -0.39 is 0 Å². The summed E-state index contributed by atoms with van der Waals surface area (Å²) in [6, 6.07) is 16.9. The second-order valence-corrected chi connectivity index (χ2v) is 9.17. The summed E-state index contributed by atoms with van der Waals surface area (Å²) in [5.74, 6) is 0.149. The number of rotatable bonds is 7. The first kappa shape index (κ1) is 23.2. The molecule has 3 amide bonds. The number of amides is 3. The molecule has 4 rings (SSSR count). The van der Waals surface area contributed by atoms with E-state index in [1.807, 2.05) is 16.3 Å². The van der Waals surface area contributed by atoms with Crippen molar-refractivity contribution in [2.24, 2.45) is 0 Å². The fraction of sp³-hybridized carbons (Fsp3) is 0.292. The average Bonchev–Trinajstić information content (AvgIpc) is 3.25. The third-order valence-electron chi connectivity index (χ3n) is 5.42. The minimum Gasteiger partial charge on any atom is -0.340 e. The van der Waals surface area contributed by atoms with Gasteiger partial charge in [0.25, 0.3) is 0 Å². The Morgan fingerprint density at radius 2 is 1.79 bits per heavy atom. The molecule has 7 nitrogen and oxygen atoms in total. The van der Waals surface area contributed by atoms with Crippen molar-refractivity contribution in [1.82, 2.24) is 14.8 Å². The predicted octanol–water partition coefficient (Wildman–Crippen LogP) is 4.72. The molecule has 3 aromatic rings. The van der Waals surface area contributed by atoms with Gasteiger partial charge in [-0.15, -0.1) is 11.3 Å². The van der Waals surface area contributed by atoms with E-state index in [9.17, 15) is 9.59 Å². The Morgan fingerprint density at radius 3 is 2.55 bits per heavy atom. The molecule has 1 aliphatic heterocycles. The molecule has 0 radical (unpaired) electrons. The first-order valence-corrected chi connectivity index (χ1v) is 12.1. The lowest BCUT2D eigenvalue weighted by atomic mass is 10.2. The number of hydrogen-bond donors (Lipinski definition) is 2. The Kier molecular flexibility index (Phi) is 7.93. The van der Waals surface area contributed by atoms with E-state index in [0.717, 1.165) is 38.4 Å². The summed E-state index contributed by atoms with van der Waals surface area (Å²) in [7, 11) is 0. The van der Waals surface area contributed by atoms with Gasteiger partial charge in [-0.2, -0.15) is 0 Å². The van der Waals surface area contributed by atoms with Gasteiger partial charge in [0.15, 0.2) is 5.13 Å². The van der Waals surface area contributed by atoms with E-state index in [0.29, 0.717) is 28.7 Å². The van der Waals surface area contributed by atoms with Crippen LogP contribution in [0.25, 0.3) is 0 Å². The predicted molar refractivity (Wildman–Crippen MR) is 133 cm³/mol. The van der Waals surface area contributed by atoms with Crippen molar-refractivity contribution >= 4 is 45.7 Å². The molecule has 9 heteroatoms. The fourth-order valence-electron chi connectivity index (χ4n) is 3.70. The summed E-state index contributed by atoms with van der Waals surface area (Å²) < 4.78 is 0. The zero-order valence-electron chi connectivity index (χ0n) is 18.2. The minimum absolute atomic E-state index is 0.149. The highest BCUT2D eigenvalue weighted by atomic mass is 35.5.